The van der Waals surface area contributed by atoms with Crippen LogP contribution in [-0.2, 0) is 14.3 Å². The second kappa shape index (κ2) is 4.74. The molecular formula is C9H9NO3S. The van der Waals surface area contributed by atoms with Gasteiger partial charge in [-0.2, -0.15) is 8.42 Å². The summed E-state index contributed by atoms with van der Waals surface area (Å²) in [7, 11) is -3.40. The summed E-state index contributed by atoms with van der Waals surface area (Å²) in [5.74, 6) is 5.28. The van der Waals surface area contributed by atoms with Crippen LogP contribution >= 0.6 is 0 Å². The molecule has 0 saturated heterocycles. The molecule has 0 saturated carbocycles. The van der Waals surface area contributed by atoms with Crippen molar-refractivity contribution in [1.82, 2.24) is 4.98 Å². The molecule has 0 aliphatic rings. The summed E-state index contributed by atoms with van der Waals surface area (Å²) in [5.41, 5.74) is 0.726. The number of nitrogens with zero attached hydrogens (tertiary/aromatic N) is 1. The van der Waals surface area contributed by atoms with Crippen molar-refractivity contribution < 1.29 is 12.6 Å². The molecule has 0 spiro atoms. The molecule has 1 aromatic rings. The molecule has 0 bridgehead atoms. The smallest absolute Gasteiger partial charge is 0.263 e. The van der Waals surface area contributed by atoms with Gasteiger partial charge < -0.3 is 0 Å². The predicted octanol–water partition coefficient (Wildman–Crippen LogP) is 0.409. The van der Waals surface area contributed by atoms with Crippen LogP contribution in [0.25, 0.3) is 0 Å². The molecule has 1 heterocycles. The lowest BCUT2D eigenvalue weighted by Gasteiger charge is -1.92. The third-order valence-corrected chi connectivity index (χ3v) is 1.79. The van der Waals surface area contributed by atoms with Gasteiger partial charge in [0, 0.05) is 18.0 Å². The van der Waals surface area contributed by atoms with E-state index in [-0.39, 0.29) is 6.61 Å². The number of hydrogen-bond acceptors (Lipinski definition) is 4. The number of pyridine rings is 1. The largest absolute Gasteiger partial charge is 0.265 e. The van der Waals surface area contributed by atoms with E-state index in [1.165, 1.54) is 0 Å². The van der Waals surface area contributed by atoms with Gasteiger partial charge in [0.15, 0.2) is 0 Å². The highest BCUT2D eigenvalue weighted by Crippen LogP contribution is 1.91. The van der Waals surface area contributed by atoms with Gasteiger partial charge in [-0.1, -0.05) is 11.8 Å². The van der Waals surface area contributed by atoms with E-state index in [9.17, 15) is 8.42 Å². The monoisotopic (exact) mass is 211 g/mol. The van der Waals surface area contributed by atoms with E-state index in [0.717, 1.165) is 11.8 Å². The van der Waals surface area contributed by atoms with Crippen LogP contribution < -0.4 is 0 Å². The molecule has 1 aromatic heterocycles. The van der Waals surface area contributed by atoms with Crippen molar-refractivity contribution in [2.24, 2.45) is 0 Å². The first-order valence-corrected chi connectivity index (χ1v) is 5.63. The maximum atomic E-state index is 10.5. The summed E-state index contributed by atoms with van der Waals surface area (Å²) in [6.07, 6.45) is 4.21. The highest BCUT2D eigenvalue weighted by Gasteiger charge is 1.97. The van der Waals surface area contributed by atoms with Crippen molar-refractivity contribution in [1.29, 1.82) is 0 Å². The molecule has 0 amide bonds. The van der Waals surface area contributed by atoms with Crippen molar-refractivity contribution in [3.63, 3.8) is 0 Å². The van der Waals surface area contributed by atoms with Gasteiger partial charge in [-0.3, -0.25) is 9.17 Å². The molecular weight excluding hydrogens is 202 g/mol. The van der Waals surface area contributed by atoms with Crippen molar-refractivity contribution >= 4 is 10.1 Å². The lowest BCUT2D eigenvalue weighted by Crippen LogP contribution is -2.02. The van der Waals surface area contributed by atoms with Crippen molar-refractivity contribution in [3.05, 3.63) is 30.1 Å². The van der Waals surface area contributed by atoms with E-state index in [1.54, 1.807) is 24.5 Å². The van der Waals surface area contributed by atoms with Gasteiger partial charge in [0.1, 0.15) is 6.61 Å². The summed E-state index contributed by atoms with van der Waals surface area (Å²) in [4.78, 5) is 3.85. The van der Waals surface area contributed by atoms with Crippen LogP contribution in [0.4, 0.5) is 0 Å². The Kier molecular flexibility index (Phi) is 3.63. The maximum Gasteiger partial charge on any atom is 0.265 e. The lowest BCUT2D eigenvalue weighted by molar-refractivity contribution is 0.368. The standard InChI is InChI=1S/C9H9NO3S/c1-14(11,12)13-7-3-5-9-4-2-6-10-8-9/h2,4,6,8H,7H2,1H3. The predicted molar refractivity (Wildman–Crippen MR) is 51.9 cm³/mol. The SMILES string of the molecule is CS(=O)(=O)OCC#Cc1cccnc1. The number of rotatable bonds is 2. The Morgan fingerprint density at radius 1 is 1.57 bits per heavy atom. The first-order chi connectivity index (χ1) is 6.58. The Balaban J connectivity index is 2.50. The van der Waals surface area contributed by atoms with Crippen LogP contribution in [0.3, 0.4) is 0 Å². The molecule has 1 rings (SSSR count). The van der Waals surface area contributed by atoms with Gasteiger partial charge in [-0.05, 0) is 12.1 Å². The zero-order chi connectivity index (χ0) is 10.4. The Labute approximate surface area is 83.1 Å². The lowest BCUT2D eigenvalue weighted by atomic mass is 10.3. The number of hydrogen-bond donors (Lipinski definition) is 0. The Hall–Kier alpha value is -1.38. The fourth-order valence-corrected chi connectivity index (χ4v) is 0.984. The van der Waals surface area contributed by atoms with Gasteiger partial charge in [0.25, 0.3) is 10.1 Å². The molecule has 5 heteroatoms. The summed E-state index contributed by atoms with van der Waals surface area (Å²) >= 11 is 0. The van der Waals surface area contributed by atoms with Crippen LogP contribution in [0.1, 0.15) is 5.56 Å². The fraction of sp³-hybridized carbons (Fsp3) is 0.222. The van der Waals surface area contributed by atoms with Crippen LogP contribution in [0.2, 0.25) is 0 Å². The summed E-state index contributed by atoms with van der Waals surface area (Å²) in [6.45, 7) is -0.131. The minimum Gasteiger partial charge on any atom is -0.263 e. The van der Waals surface area contributed by atoms with Crippen LogP contribution in [0.15, 0.2) is 24.5 Å². The summed E-state index contributed by atoms with van der Waals surface area (Å²) in [6, 6.07) is 3.53. The zero-order valence-electron chi connectivity index (χ0n) is 7.60. The van der Waals surface area contributed by atoms with Gasteiger partial charge >= 0.3 is 0 Å². The van der Waals surface area contributed by atoms with Gasteiger partial charge in [0.05, 0.1) is 6.26 Å². The van der Waals surface area contributed by atoms with E-state index < -0.39 is 10.1 Å². The van der Waals surface area contributed by atoms with E-state index in [1.807, 2.05) is 0 Å². The first-order valence-electron chi connectivity index (χ1n) is 3.81. The van der Waals surface area contributed by atoms with Gasteiger partial charge in [-0.25, -0.2) is 0 Å². The summed E-state index contributed by atoms with van der Waals surface area (Å²) < 4.78 is 25.5. The van der Waals surface area contributed by atoms with E-state index in [2.05, 4.69) is 21.0 Å². The fourth-order valence-electron chi connectivity index (χ4n) is 0.711. The zero-order valence-corrected chi connectivity index (χ0v) is 8.41. The molecule has 0 fully saturated rings. The topological polar surface area (TPSA) is 56.3 Å². The molecule has 0 aliphatic heterocycles. The van der Waals surface area contributed by atoms with Crippen LogP contribution in [-0.4, -0.2) is 26.3 Å². The van der Waals surface area contributed by atoms with Crippen molar-refractivity contribution in [2.75, 3.05) is 12.9 Å². The normalized spacial score (nSPS) is 10.4. The van der Waals surface area contributed by atoms with Crippen LogP contribution in [0.5, 0.6) is 0 Å². The second-order valence-corrected chi connectivity index (χ2v) is 4.15. The third kappa shape index (κ3) is 4.60. The molecule has 0 aliphatic carbocycles. The van der Waals surface area contributed by atoms with Crippen molar-refractivity contribution in [2.45, 2.75) is 0 Å². The number of aromatic nitrogens is 1. The highest BCUT2D eigenvalue weighted by molar-refractivity contribution is 7.85. The highest BCUT2D eigenvalue weighted by atomic mass is 32.2. The van der Waals surface area contributed by atoms with E-state index >= 15 is 0 Å². The molecule has 4 nitrogen and oxygen atoms in total. The summed E-state index contributed by atoms with van der Waals surface area (Å²) in [5, 5.41) is 0. The molecule has 0 atom stereocenters. The molecule has 74 valence electrons. The van der Waals surface area contributed by atoms with Crippen molar-refractivity contribution in [3.8, 4) is 11.8 Å². The Morgan fingerprint density at radius 2 is 2.36 bits per heavy atom. The quantitative estimate of drug-likeness (QED) is 0.525. The molecule has 0 radical (unpaired) electrons. The van der Waals surface area contributed by atoms with Gasteiger partial charge in [0.2, 0.25) is 0 Å². The Bertz CT molecular complexity index is 442. The minimum absolute atomic E-state index is 0.131. The molecule has 0 N–H and O–H groups in total. The third-order valence-electron chi connectivity index (χ3n) is 1.24. The van der Waals surface area contributed by atoms with E-state index in [4.69, 9.17) is 0 Å². The minimum atomic E-state index is -3.40. The average molecular weight is 211 g/mol. The Morgan fingerprint density at radius 3 is 2.93 bits per heavy atom. The molecule has 14 heavy (non-hydrogen) atoms. The van der Waals surface area contributed by atoms with Gasteiger partial charge in [-0.15, -0.1) is 0 Å². The first kappa shape index (κ1) is 10.7. The van der Waals surface area contributed by atoms with Crippen LogP contribution in [0, 0.1) is 11.8 Å². The maximum absolute atomic E-state index is 10.5. The molecule has 0 aromatic carbocycles. The molecule has 0 unspecified atom stereocenters. The average Bonchev–Trinajstić information content (AvgIpc) is 2.13. The van der Waals surface area contributed by atoms with E-state index in [0.29, 0.717) is 0 Å². The second-order valence-electron chi connectivity index (χ2n) is 2.51.